The number of halogens is 2. The van der Waals surface area contributed by atoms with E-state index >= 15 is 0 Å². The molecule has 0 atom stereocenters. The van der Waals surface area contributed by atoms with Gasteiger partial charge in [0.15, 0.2) is 11.6 Å². The van der Waals surface area contributed by atoms with Crippen LogP contribution in [0, 0.1) is 5.82 Å². The number of rotatable bonds is 3. The van der Waals surface area contributed by atoms with Gasteiger partial charge in [-0.1, -0.05) is 18.5 Å². The van der Waals surface area contributed by atoms with Crippen molar-refractivity contribution in [2.45, 2.75) is 13.3 Å². The summed E-state index contributed by atoms with van der Waals surface area (Å²) < 4.78 is 20.5. The molecule has 0 spiro atoms. The molecule has 96 valence electrons. The SMILES string of the molecule is CCc1nn(C)c(Oc2ccc(Cl)cc2F)c1N. The molecule has 1 heterocycles. The van der Waals surface area contributed by atoms with Gasteiger partial charge in [-0.2, -0.15) is 5.10 Å². The van der Waals surface area contributed by atoms with Crippen LogP contribution >= 0.6 is 11.6 Å². The predicted molar refractivity (Wildman–Crippen MR) is 68.5 cm³/mol. The number of aromatic nitrogens is 2. The van der Waals surface area contributed by atoms with Crippen molar-refractivity contribution in [3.05, 3.63) is 34.7 Å². The van der Waals surface area contributed by atoms with Gasteiger partial charge in [-0.05, 0) is 24.6 Å². The van der Waals surface area contributed by atoms with Crippen LogP contribution in [0.4, 0.5) is 10.1 Å². The Labute approximate surface area is 109 Å². The summed E-state index contributed by atoms with van der Waals surface area (Å²) in [6.07, 6.45) is 0.687. The second kappa shape index (κ2) is 4.86. The zero-order valence-corrected chi connectivity index (χ0v) is 10.8. The van der Waals surface area contributed by atoms with E-state index in [2.05, 4.69) is 5.10 Å². The van der Waals surface area contributed by atoms with Gasteiger partial charge in [0.2, 0.25) is 5.88 Å². The quantitative estimate of drug-likeness (QED) is 0.931. The molecule has 0 saturated carbocycles. The van der Waals surface area contributed by atoms with Gasteiger partial charge in [0, 0.05) is 12.1 Å². The summed E-state index contributed by atoms with van der Waals surface area (Å²) in [5, 5.41) is 4.50. The Bertz CT molecular complexity index is 583. The largest absolute Gasteiger partial charge is 0.434 e. The lowest BCUT2D eigenvalue weighted by molar-refractivity contribution is 0.405. The van der Waals surface area contributed by atoms with Crippen LogP contribution in [0.1, 0.15) is 12.6 Å². The molecular formula is C12H13ClFN3O. The number of hydrogen-bond acceptors (Lipinski definition) is 3. The maximum Gasteiger partial charge on any atom is 0.241 e. The third kappa shape index (κ3) is 2.26. The van der Waals surface area contributed by atoms with Gasteiger partial charge in [-0.15, -0.1) is 0 Å². The zero-order valence-electron chi connectivity index (χ0n) is 10.1. The van der Waals surface area contributed by atoms with Gasteiger partial charge in [0.1, 0.15) is 5.69 Å². The molecule has 0 aliphatic rings. The summed E-state index contributed by atoms with van der Waals surface area (Å²) in [5.74, 6) is -0.147. The van der Waals surface area contributed by atoms with E-state index in [1.807, 2.05) is 6.92 Å². The van der Waals surface area contributed by atoms with Crippen LogP contribution in [0.25, 0.3) is 0 Å². The van der Waals surface area contributed by atoms with Crippen LogP contribution < -0.4 is 10.5 Å². The first-order valence-corrected chi connectivity index (χ1v) is 5.85. The highest BCUT2D eigenvalue weighted by Gasteiger charge is 2.15. The lowest BCUT2D eigenvalue weighted by Crippen LogP contribution is -1.98. The molecular weight excluding hydrogens is 257 g/mol. The number of nitrogens with two attached hydrogens (primary N) is 1. The normalized spacial score (nSPS) is 10.7. The van der Waals surface area contributed by atoms with Gasteiger partial charge in [0.25, 0.3) is 0 Å². The first kappa shape index (κ1) is 12.7. The monoisotopic (exact) mass is 269 g/mol. The van der Waals surface area contributed by atoms with Gasteiger partial charge in [0.05, 0.1) is 5.69 Å². The van der Waals surface area contributed by atoms with Crippen molar-refractivity contribution >= 4 is 17.3 Å². The Morgan fingerprint density at radius 2 is 2.22 bits per heavy atom. The van der Waals surface area contributed by atoms with E-state index in [-0.39, 0.29) is 5.75 Å². The molecule has 0 bridgehead atoms. The van der Waals surface area contributed by atoms with Crippen molar-refractivity contribution < 1.29 is 9.13 Å². The third-order valence-corrected chi connectivity index (χ3v) is 2.78. The smallest absolute Gasteiger partial charge is 0.241 e. The third-order valence-electron chi connectivity index (χ3n) is 2.54. The van der Waals surface area contributed by atoms with E-state index in [0.29, 0.717) is 23.0 Å². The maximum absolute atomic E-state index is 13.6. The van der Waals surface area contributed by atoms with Crippen LogP contribution in [0.5, 0.6) is 11.6 Å². The zero-order chi connectivity index (χ0) is 13.3. The Morgan fingerprint density at radius 3 is 2.78 bits per heavy atom. The standard InChI is InChI=1S/C12H13ClFN3O/c1-3-9-11(15)12(17(2)16-9)18-10-5-4-7(13)6-8(10)14/h4-6H,3,15H2,1-2H3. The summed E-state index contributed by atoms with van der Waals surface area (Å²) in [7, 11) is 1.69. The Morgan fingerprint density at radius 1 is 1.50 bits per heavy atom. The van der Waals surface area contributed by atoms with Gasteiger partial charge in [-0.3, -0.25) is 0 Å². The number of nitrogen functional groups attached to an aromatic ring is 1. The van der Waals surface area contributed by atoms with E-state index in [0.717, 1.165) is 5.69 Å². The molecule has 0 fully saturated rings. The highest BCUT2D eigenvalue weighted by molar-refractivity contribution is 6.30. The Kier molecular flexibility index (Phi) is 3.43. The molecule has 2 N–H and O–H groups in total. The predicted octanol–water partition coefficient (Wildman–Crippen LogP) is 3.15. The topological polar surface area (TPSA) is 53.1 Å². The molecule has 2 aromatic rings. The lowest BCUT2D eigenvalue weighted by Gasteiger charge is -2.07. The average molecular weight is 270 g/mol. The molecule has 1 aromatic carbocycles. The second-order valence-electron chi connectivity index (χ2n) is 3.82. The van der Waals surface area contributed by atoms with E-state index in [4.69, 9.17) is 22.1 Å². The van der Waals surface area contributed by atoms with Crippen molar-refractivity contribution in [3.63, 3.8) is 0 Å². The first-order valence-electron chi connectivity index (χ1n) is 5.47. The molecule has 4 nitrogen and oxygen atoms in total. The Hall–Kier alpha value is -1.75. The van der Waals surface area contributed by atoms with Gasteiger partial charge in [-0.25, -0.2) is 9.07 Å². The number of hydrogen-bond donors (Lipinski definition) is 1. The average Bonchev–Trinajstić information content (AvgIpc) is 2.59. The number of aryl methyl sites for hydroxylation is 2. The van der Waals surface area contributed by atoms with Crippen LogP contribution in [-0.2, 0) is 13.5 Å². The summed E-state index contributed by atoms with van der Waals surface area (Å²) in [4.78, 5) is 0. The second-order valence-corrected chi connectivity index (χ2v) is 4.26. The summed E-state index contributed by atoms with van der Waals surface area (Å²) >= 11 is 5.67. The fraction of sp³-hybridized carbons (Fsp3) is 0.250. The number of ether oxygens (including phenoxy) is 1. The van der Waals surface area contributed by atoms with Crippen LogP contribution in [0.15, 0.2) is 18.2 Å². The molecule has 0 radical (unpaired) electrons. The Balaban J connectivity index is 2.37. The van der Waals surface area contributed by atoms with Gasteiger partial charge < -0.3 is 10.5 Å². The minimum Gasteiger partial charge on any atom is -0.434 e. The van der Waals surface area contributed by atoms with Crippen molar-refractivity contribution in [1.29, 1.82) is 0 Å². The fourth-order valence-electron chi connectivity index (χ4n) is 1.62. The molecule has 1 aromatic heterocycles. The van der Waals surface area contributed by atoms with E-state index in [1.165, 1.54) is 16.8 Å². The van der Waals surface area contributed by atoms with Crippen LogP contribution in [0.2, 0.25) is 5.02 Å². The van der Waals surface area contributed by atoms with Crippen LogP contribution in [-0.4, -0.2) is 9.78 Å². The van der Waals surface area contributed by atoms with Crippen molar-refractivity contribution in [2.75, 3.05) is 5.73 Å². The molecule has 0 aliphatic heterocycles. The summed E-state index contributed by atoms with van der Waals surface area (Å²) in [6.45, 7) is 1.94. The number of anilines is 1. The van der Waals surface area contributed by atoms with Crippen molar-refractivity contribution in [2.24, 2.45) is 7.05 Å². The highest BCUT2D eigenvalue weighted by atomic mass is 35.5. The first-order chi connectivity index (χ1) is 8.52. The number of nitrogens with zero attached hydrogens (tertiary/aromatic N) is 2. The highest BCUT2D eigenvalue weighted by Crippen LogP contribution is 2.32. The molecule has 18 heavy (non-hydrogen) atoms. The van der Waals surface area contributed by atoms with Gasteiger partial charge >= 0.3 is 0 Å². The minimum absolute atomic E-state index is 0.0664. The molecule has 0 saturated heterocycles. The molecule has 0 unspecified atom stereocenters. The molecule has 6 heteroatoms. The van der Waals surface area contributed by atoms with E-state index in [9.17, 15) is 4.39 Å². The molecule has 0 amide bonds. The molecule has 0 aliphatic carbocycles. The van der Waals surface area contributed by atoms with Crippen molar-refractivity contribution in [1.82, 2.24) is 9.78 Å². The van der Waals surface area contributed by atoms with E-state index in [1.54, 1.807) is 13.1 Å². The van der Waals surface area contributed by atoms with Crippen LogP contribution in [0.3, 0.4) is 0 Å². The number of benzene rings is 1. The maximum atomic E-state index is 13.6. The van der Waals surface area contributed by atoms with E-state index < -0.39 is 5.82 Å². The summed E-state index contributed by atoms with van der Waals surface area (Å²) in [5.41, 5.74) is 7.03. The molecule has 2 rings (SSSR count). The lowest BCUT2D eigenvalue weighted by atomic mass is 10.3. The fourth-order valence-corrected chi connectivity index (χ4v) is 1.78. The van der Waals surface area contributed by atoms with Crippen molar-refractivity contribution in [3.8, 4) is 11.6 Å². The minimum atomic E-state index is -0.541. The summed E-state index contributed by atoms with van der Waals surface area (Å²) in [6, 6.07) is 4.19.